The molecule has 1 aliphatic rings. The SMILES string of the molecule is C#C.C=C(Cc1cc(-c2cnn(C)c2)cc(F)c1NC)NC1CCN(CC(F)F)CC1. The second-order valence-electron chi connectivity index (χ2n) is 7.54. The van der Waals surface area contributed by atoms with E-state index in [2.05, 4.69) is 35.2 Å². The van der Waals surface area contributed by atoms with E-state index >= 15 is 0 Å². The molecular weight excluding hydrogens is 403 g/mol. The number of anilines is 1. The van der Waals surface area contributed by atoms with E-state index in [1.54, 1.807) is 22.8 Å². The van der Waals surface area contributed by atoms with Gasteiger partial charge in [-0.2, -0.15) is 5.10 Å². The van der Waals surface area contributed by atoms with E-state index in [1.807, 2.05) is 19.3 Å². The number of aryl methyl sites for hydroxylation is 1. The number of terminal acetylenes is 1. The molecular formula is C23H30F3N5. The molecule has 0 spiro atoms. The summed E-state index contributed by atoms with van der Waals surface area (Å²) in [5.41, 5.74) is 3.65. The number of benzene rings is 1. The van der Waals surface area contributed by atoms with Gasteiger partial charge in [-0.3, -0.25) is 9.58 Å². The molecule has 0 aliphatic carbocycles. The molecule has 1 fully saturated rings. The van der Waals surface area contributed by atoms with Gasteiger partial charge in [0, 0.05) is 57.1 Å². The fourth-order valence-corrected chi connectivity index (χ4v) is 3.84. The highest BCUT2D eigenvalue weighted by atomic mass is 19.3. The molecule has 8 heteroatoms. The molecule has 0 amide bonds. The lowest BCUT2D eigenvalue weighted by atomic mass is 9.99. The molecule has 0 bridgehead atoms. The van der Waals surface area contributed by atoms with Gasteiger partial charge in [-0.1, -0.05) is 6.58 Å². The summed E-state index contributed by atoms with van der Waals surface area (Å²) in [5, 5.41) is 10.5. The number of likely N-dealkylation sites (tertiary alicyclic amines) is 1. The van der Waals surface area contributed by atoms with Gasteiger partial charge in [0.25, 0.3) is 6.43 Å². The maximum absolute atomic E-state index is 14.7. The van der Waals surface area contributed by atoms with Crippen molar-refractivity contribution < 1.29 is 13.2 Å². The molecule has 1 saturated heterocycles. The van der Waals surface area contributed by atoms with Gasteiger partial charge < -0.3 is 10.6 Å². The first kappa shape index (κ1) is 24.4. The Morgan fingerprint density at radius 2 is 1.94 bits per heavy atom. The van der Waals surface area contributed by atoms with Crippen LogP contribution >= 0.6 is 0 Å². The average molecular weight is 434 g/mol. The Bertz CT molecular complexity index is 883. The Kier molecular flexibility index (Phi) is 9.01. The van der Waals surface area contributed by atoms with Crippen LogP contribution in [0.2, 0.25) is 0 Å². The predicted molar refractivity (Wildman–Crippen MR) is 119 cm³/mol. The highest BCUT2D eigenvalue weighted by Crippen LogP contribution is 2.29. The fraction of sp³-hybridized carbons (Fsp3) is 0.435. The first-order valence-electron chi connectivity index (χ1n) is 10.1. The molecule has 1 aromatic carbocycles. The van der Waals surface area contributed by atoms with Crippen LogP contribution in [0.15, 0.2) is 36.8 Å². The minimum absolute atomic E-state index is 0.167. The zero-order valence-electron chi connectivity index (χ0n) is 18.0. The predicted octanol–water partition coefficient (Wildman–Crippen LogP) is 3.89. The van der Waals surface area contributed by atoms with Crippen LogP contribution in [0, 0.1) is 18.7 Å². The first-order chi connectivity index (χ1) is 14.9. The number of nitrogens with zero attached hydrogens (tertiary/aromatic N) is 3. The van der Waals surface area contributed by atoms with E-state index in [9.17, 15) is 13.2 Å². The maximum atomic E-state index is 14.7. The lowest BCUT2D eigenvalue weighted by Gasteiger charge is -2.33. The summed E-state index contributed by atoms with van der Waals surface area (Å²) in [4.78, 5) is 1.79. The van der Waals surface area contributed by atoms with Gasteiger partial charge in [-0.25, -0.2) is 13.2 Å². The van der Waals surface area contributed by atoms with E-state index in [1.165, 1.54) is 6.07 Å². The number of alkyl halides is 2. The number of allylic oxidation sites excluding steroid dienone is 1. The van der Waals surface area contributed by atoms with Crippen LogP contribution in [-0.2, 0) is 13.5 Å². The van der Waals surface area contributed by atoms with Crippen molar-refractivity contribution >= 4 is 5.69 Å². The van der Waals surface area contributed by atoms with E-state index in [-0.39, 0.29) is 18.4 Å². The molecule has 3 rings (SSSR count). The van der Waals surface area contributed by atoms with Crippen LogP contribution in [-0.4, -0.2) is 53.8 Å². The molecule has 0 radical (unpaired) electrons. The van der Waals surface area contributed by atoms with Crippen molar-refractivity contribution in [1.82, 2.24) is 20.0 Å². The molecule has 1 aliphatic heterocycles. The first-order valence-corrected chi connectivity index (χ1v) is 10.1. The number of hydrogen-bond donors (Lipinski definition) is 2. The number of aromatic nitrogens is 2. The van der Waals surface area contributed by atoms with E-state index in [0.717, 1.165) is 35.2 Å². The van der Waals surface area contributed by atoms with Crippen LogP contribution < -0.4 is 10.6 Å². The minimum atomic E-state index is -2.29. The van der Waals surface area contributed by atoms with Crippen molar-refractivity contribution in [3.8, 4) is 24.0 Å². The molecule has 0 unspecified atom stereocenters. The van der Waals surface area contributed by atoms with E-state index in [0.29, 0.717) is 25.2 Å². The number of halogens is 3. The van der Waals surface area contributed by atoms with Gasteiger partial charge in [0.2, 0.25) is 0 Å². The molecule has 2 heterocycles. The summed E-state index contributed by atoms with van der Waals surface area (Å²) in [7, 11) is 3.52. The zero-order chi connectivity index (χ0) is 23.0. The summed E-state index contributed by atoms with van der Waals surface area (Å²) in [6.07, 6.45) is 11.3. The lowest BCUT2D eigenvalue weighted by Crippen LogP contribution is -2.43. The van der Waals surface area contributed by atoms with Gasteiger partial charge in [-0.05, 0) is 36.1 Å². The summed E-state index contributed by atoms with van der Waals surface area (Å²) in [6, 6.07) is 3.64. The minimum Gasteiger partial charge on any atom is -0.386 e. The monoisotopic (exact) mass is 433 g/mol. The second-order valence-corrected chi connectivity index (χ2v) is 7.54. The van der Waals surface area contributed by atoms with Crippen LogP contribution in [0.4, 0.5) is 18.9 Å². The van der Waals surface area contributed by atoms with Crippen molar-refractivity contribution in [2.45, 2.75) is 31.7 Å². The molecule has 168 valence electrons. The smallest absolute Gasteiger partial charge is 0.251 e. The van der Waals surface area contributed by atoms with Crippen LogP contribution in [0.1, 0.15) is 18.4 Å². The van der Waals surface area contributed by atoms with Crippen LogP contribution in [0.3, 0.4) is 0 Å². The van der Waals surface area contributed by atoms with Crippen molar-refractivity contribution in [3.05, 3.63) is 48.2 Å². The maximum Gasteiger partial charge on any atom is 0.251 e. The third-order valence-corrected chi connectivity index (χ3v) is 5.26. The van der Waals surface area contributed by atoms with E-state index < -0.39 is 6.43 Å². The summed E-state index contributed by atoms with van der Waals surface area (Å²) >= 11 is 0. The molecule has 2 aromatic rings. The van der Waals surface area contributed by atoms with Crippen molar-refractivity contribution in [3.63, 3.8) is 0 Å². The Hall–Kier alpha value is -2.92. The number of rotatable bonds is 8. The molecule has 0 atom stereocenters. The second kappa shape index (κ2) is 11.5. The Morgan fingerprint density at radius 1 is 1.26 bits per heavy atom. The third kappa shape index (κ3) is 6.79. The molecule has 1 aromatic heterocycles. The standard InChI is InChI=1S/C21H28F3N5.C2H2/c1-14(27-18-4-6-29(7-5-18)13-20(23)24)8-16-9-15(10-19(22)21(16)25-2)17-11-26-28(3)12-17;1-2/h9-12,18,20,25,27H,1,4-8,13H2,2-3H3;1-2H. The summed E-state index contributed by atoms with van der Waals surface area (Å²) in [5.74, 6) is -0.322. The molecule has 2 N–H and O–H groups in total. The zero-order valence-corrected chi connectivity index (χ0v) is 18.0. The number of piperidine rings is 1. The van der Waals surface area contributed by atoms with Crippen molar-refractivity contribution in [2.75, 3.05) is 32.0 Å². The topological polar surface area (TPSA) is 45.1 Å². The summed E-state index contributed by atoms with van der Waals surface area (Å²) in [6.45, 7) is 5.23. The van der Waals surface area contributed by atoms with Crippen molar-refractivity contribution in [2.24, 2.45) is 7.05 Å². The fourth-order valence-electron chi connectivity index (χ4n) is 3.84. The molecule has 31 heavy (non-hydrogen) atoms. The lowest BCUT2D eigenvalue weighted by molar-refractivity contribution is 0.0738. The highest BCUT2D eigenvalue weighted by Gasteiger charge is 2.22. The summed E-state index contributed by atoms with van der Waals surface area (Å²) < 4.78 is 41.4. The molecule has 5 nitrogen and oxygen atoms in total. The third-order valence-electron chi connectivity index (χ3n) is 5.26. The highest BCUT2D eigenvalue weighted by molar-refractivity contribution is 5.68. The van der Waals surface area contributed by atoms with Gasteiger partial charge in [0.1, 0.15) is 5.82 Å². The number of hydrogen-bond acceptors (Lipinski definition) is 4. The Morgan fingerprint density at radius 3 is 2.48 bits per heavy atom. The van der Waals surface area contributed by atoms with Crippen LogP contribution in [0.25, 0.3) is 11.1 Å². The van der Waals surface area contributed by atoms with E-state index in [4.69, 9.17) is 0 Å². The van der Waals surface area contributed by atoms with Crippen LogP contribution in [0.5, 0.6) is 0 Å². The quantitative estimate of drug-likeness (QED) is 0.620. The Labute approximate surface area is 182 Å². The average Bonchev–Trinajstić information content (AvgIpc) is 3.17. The van der Waals surface area contributed by atoms with Gasteiger partial charge in [-0.15, -0.1) is 12.8 Å². The molecule has 0 saturated carbocycles. The number of nitrogens with one attached hydrogen (secondary N) is 2. The van der Waals surface area contributed by atoms with Gasteiger partial charge in [0.05, 0.1) is 18.4 Å². The Balaban J connectivity index is 0.00000166. The normalized spacial score (nSPS) is 14.7. The van der Waals surface area contributed by atoms with Crippen molar-refractivity contribution in [1.29, 1.82) is 0 Å². The van der Waals surface area contributed by atoms with Gasteiger partial charge in [0.15, 0.2) is 0 Å². The largest absolute Gasteiger partial charge is 0.386 e. The van der Waals surface area contributed by atoms with Gasteiger partial charge >= 0.3 is 0 Å².